The van der Waals surface area contributed by atoms with Crippen LogP contribution < -0.4 is 5.73 Å². The lowest BCUT2D eigenvalue weighted by molar-refractivity contribution is -0.132. The van der Waals surface area contributed by atoms with Crippen LogP contribution in [0.1, 0.15) is 31.2 Å². The van der Waals surface area contributed by atoms with E-state index in [1.54, 1.807) is 0 Å². The van der Waals surface area contributed by atoms with Crippen LogP contribution in [0.5, 0.6) is 0 Å². The summed E-state index contributed by atoms with van der Waals surface area (Å²) >= 11 is 0. The molecule has 0 radical (unpaired) electrons. The van der Waals surface area contributed by atoms with E-state index in [1.165, 1.54) is 5.56 Å². The molecule has 0 spiro atoms. The summed E-state index contributed by atoms with van der Waals surface area (Å²) in [5.41, 5.74) is 6.83. The number of nitrogens with zero attached hydrogens (tertiary/aromatic N) is 2. The number of hydrogen-bond acceptors (Lipinski definition) is 3. The predicted octanol–water partition coefficient (Wildman–Crippen LogP) is 1.85. The van der Waals surface area contributed by atoms with Gasteiger partial charge in [0.05, 0.1) is 0 Å². The van der Waals surface area contributed by atoms with Crippen LogP contribution in [0.2, 0.25) is 0 Å². The lowest BCUT2D eigenvalue weighted by Crippen LogP contribution is -2.45. The molecule has 0 unspecified atom stereocenters. The predicted molar refractivity (Wildman–Crippen MR) is 85.8 cm³/mol. The SMILES string of the molecule is CN(C(=O)CCCN)C1CCN(Cc2ccccc2)CC1. The largest absolute Gasteiger partial charge is 0.343 e. The average Bonchev–Trinajstić information content (AvgIpc) is 2.53. The number of hydrogen-bond donors (Lipinski definition) is 1. The Balaban J connectivity index is 1.76. The fraction of sp³-hybridized carbons (Fsp3) is 0.588. The highest BCUT2D eigenvalue weighted by Crippen LogP contribution is 2.18. The fourth-order valence-electron chi connectivity index (χ4n) is 2.94. The minimum absolute atomic E-state index is 0.238. The van der Waals surface area contributed by atoms with Crippen molar-refractivity contribution in [1.29, 1.82) is 0 Å². The van der Waals surface area contributed by atoms with Crippen molar-refractivity contribution in [3.63, 3.8) is 0 Å². The van der Waals surface area contributed by atoms with E-state index in [4.69, 9.17) is 5.73 Å². The normalized spacial score (nSPS) is 16.9. The highest BCUT2D eigenvalue weighted by atomic mass is 16.2. The highest BCUT2D eigenvalue weighted by Gasteiger charge is 2.24. The van der Waals surface area contributed by atoms with Crippen molar-refractivity contribution in [2.45, 2.75) is 38.3 Å². The first-order chi connectivity index (χ1) is 10.2. The zero-order valence-corrected chi connectivity index (χ0v) is 13.0. The van der Waals surface area contributed by atoms with Crippen LogP contribution in [-0.2, 0) is 11.3 Å². The third-order valence-corrected chi connectivity index (χ3v) is 4.34. The molecule has 2 rings (SSSR count). The van der Waals surface area contributed by atoms with Gasteiger partial charge in [-0.15, -0.1) is 0 Å². The van der Waals surface area contributed by atoms with Crippen molar-refractivity contribution in [2.75, 3.05) is 26.7 Å². The van der Waals surface area contributed by atoms with Crippen molar-refractivity contribution in [3.05, 3.63) is 35.9 Å². The van der Waals surface area contributed by atoms with E-state index in [9.17, 15) is 4.79 Å². The van der Waals surface area contributed by atoms with Gasteiger partial charge in [0, 0.05) is 39.1 Å². The molecule has 4 heteroatoms. The van der Waals surface area contributed by atoms with Crippen LogP contribution in [0.25, 0.3) is 0 Å². The van der Waals surface area contributed by atoms with E-state index in [0.29, 0.717) is 19.0 Å². The van der Waals surface area contributed by atoms with Gasteiger partial charge in [0.15, 0.2) is 0 Å². The summed E-state index contributed by atoms with van der Waals surface area (Å²) in [5.74, 6) is 0.238. The molecule has 1 amide bonds. The number of benzene rings is 1. The Hall–Kier alpha value is -1.39. The maximum absolute atomic E-state index is 12.0. The van der Waals surface area contributed by atoms with E-state index in [-0.39, 0.29) is 5.91 Å². The monoisotopic (exact) mass is 289 g/mol. The third-order valence-electron chi connectivity index (χ3n) is 4.34. The van der Waals surface area contributed by atoms with Gasteiger partial charge in [-0.05, 0) is 31.4 Å². The summed E-state index contributed by atoms with van der Waals surface area (Å²) in [6, 6.07) is 11.0. The fourth-order valence-corrected chi connectivity index (χ4v) is 2.94. The number of nitrogens with two attached hydrogens (primary N) is 1. The van der Waals surface area contributed by atoms with Crippen molar-refractivity contribution >= 4 is 5.91 Å². The summed E-state index contributed by atoms with van der Waals surface area (Å²) < 4.78 is 0. The number of piperidine rings is 1. The first-order valence-corrected chi connectivity index (χ1v) is 7.92. The van der Waals surface area contributed by atoms with Gasteiger partial charge in [-0.2, -0.15) is 0 Å². The minimum Gasteiger partial charge on any atom is -0.343 e. The van der Waals surface area contributed by atoms with Crippen molar-refractivity contribution in [3.8, 4) is 0 Å². The molecule has 1 aromatic carbocycles. The summed E-state index contributed by atoms with van der Waals surface area (Å²) in [6.45, 7) is 3.73. The summed E-state index contributed by atoms with van der Waals surface area (Å²) in [6.07, 6.45) is 3.50. The van der Waals surface area contributed by atoms with Gasteiger partial charge in [0.25, 0.3) is 0 Å². The van der Waals surface area contributed by atoms with Crippen LogP contribution in [0.15, 0.2) is 30.3 Å². The summed E-state index contributed by atoms with van der Waals surface area (Å²) in [5, 5.41) is 0. The average molecular weight is 289 g/mol. The van der Waals surface area contributed by atoms with Gasteiger partial charge < -0.3 is 10.6 Å². The van der Waals surface area contributed by atoms with E-state index in [1.807, 2.05) is 11.9 Å². The Bertz CT molecular complexity index is 427. The minimum atomic E-state index is 0.238. The van der Waals surface area contributed by atoms with E-state index in [2.05, 4.69) is 35.2 Å². The van der Waals surface area contributed by atoms with E-state index in [0.717, 1.165) is 38.9 Å². The second kappa shape index (κ2) is 8.15. The lowest BCUT2D eigenvalue weighted by atomic mass is 10.0. The van der Waals surface area contributed by atoms with Crippen molar-refractivity contribution < 1.29 is 4.79 Å². The van der Waals surface area contributed by atoms with Crippen molar-refractivity contribution in [1.82, 2.24) is 9.80 Å². The number of likely N-dealkylation sites (tertiary alicyclic amines) is 1. The maximum Gasteiger partial charge on any atom is 0.222 e. The van der Waals surface area contributed by atoms with Crippen LogP contribution in [0.4, 0.5) is 0 Å². The molecule has 0 atom stereocenters. The number of carbonyl (C=O) groups is 1. The summed E-state index contributed by atoms with van der Waals surface area (Å²) in [4.78, 5) is 16.4. The molecule has 1 heterocycles. The maximum atomic E-state index is 12.0. The summed E-state index contributed by atoms with van der Waals surface area (Å²) in [7, 11) is 1.94. The van der Waals surface area contributed by atoms with Gasteiger partial charge in [0.2, 0.25) is 5.91 Å². The highest BCUT2D eigenvalue weighted by molar-refractivity contribution is 5.76. The number of carbonyl (C=O) groups excluding carboxylic acids is 1. The van der Waals surface area contributed by atoms with Gasteiger partial charge in [-0.3, -0.25) is 9.69 Å². The first-order valence-electron chi connectivity index (χ1n) is 7.92. The smallest absolute Gasteiger partial charge is 0.222 e. The van der Waals surface area contributed by atoms with Gasteiger partial charge >= 0.3 is 0 Å². The second-order valence-electron chi connectivity index (χ2n) is 5.89. The Labute approximate surface area is 127 Å². The molecule has 1 fully saturated rings. The van der Waals surface area contributed by atoms with Gasteiger partial charge in [0.1, 0.15) is 0 Å². The molecule has 4 nitrogen and oxygen atoms in total. The number of rotatable bonds is 6. The molecule has 1 aliphatic rings. The molecule has 0 aromatic heterocycles. The lowest BCUT2D eigenvalue weighted by Gasteiger charge is -2.36. The van der Waals surface area contributed by atoms with Gasteiger partial charge in [-0.25, -0.2) is 0 Å². The molecule has 1 aliphatic heterocycles. The van der Waals surface area contributed by atoms with E-state index < -0.39 is 0 Å². The zero-order valence-electron chi connectivity index (χ0n) is 13.0. The molecule has 0 bridgehead atoms. The Morgan fingerprint density at radius 2 is 1.95 bits per heavy atom. The Morgan fingerprint density at radius 1 is 1.29 bits per heavy atom. The van der Waals surface area contributed by atoms with Crippen LogP contribution >= 0.6 is 0 Å². The second-order valence-corrected chi connectivity index (χ2v) is 5.89. The molecule has 0 saturated carbocycles. The number of amides is 1. The molecule has 2 N–H and O–H groups in total. The molecule has 0 aliphatic carbocycles. The molecule has 1 aromatic rings. The molecule has 1 saturated heterocycles. The molecule has 116 valence electrons. The van der Waals surface area contributed by atoms with E-state index >= 15 is 0 Å². The van der Waals surface area contributed by atoms with Crippen LogP contribution in [0.3, 0.4) is 0 Å². The topological polar surface area (TPSA) is 49.6 Å². The van der Waals surface area contributed by atoms with Gasteiger partial charge in [-0.1, -0.05) is 30.3 Å². The van der Waals surface area contributed by atoms with Crippen LogP contribution in [0, 0.1) is 0 Å². The Morgan fingerprint density at radius 3 is 2.57 bits per heavy atom. The first kappa shape index (κ1) is 16.0. The Kier molecular flexibility index (Phi) is 6.21. The molecular formula is C17H27N3O. The van der Waals surface area contributed by atoms with Crippen molar-refractivity contribution in [2.24, 2.45) is 5.73 Å². The molecular weight excluding hydrogens is 262 g/mol. The molecule has 21 heavy (non-hydrogen) atoms. The quantitative estimate of drug-likeness (QED) is 0.869. The third kappa shape index (κ3) is 4.83. The van der Waals surface area contributed by atoms with Crippen LogP contribution in [-0.4, -0.2) is 48.4 Å². The zero-order chi connectivity index (χ0) is 15.1. The standard InChI is InChI=1S/C17H27N3O/c1-19(17(21)8-5-11-18)16-9-12-20(13-10-16)14-15-6-3-2-4-7-15/h2-4,6-7,16H,5,8-14,18H2,1H3.